The lowest BCUT2D eigenvalue weighted by atomic mass is 9.73. The first-order valence-electron chi connectivity index (χ1n) is 6.14. The first-order valence-corrected chi connectivity index (χ1v) is 6.14. The zero-order valence-corrected chi connectivity index (χ0v) is 11.5. The first-order chi connectivity index (χ1) is 7.97. The summed E-state index contributed by atoms with van der Waals surface area (Å²) in [4.78, 5) is 23.9. The normalized spacial score (nSPS) is 11.4. The third-order valence-electron chi connectivity index (χ3n) is 3.26. The summed E-state index contributed by atoms with van der Waals surface area (Å²) in [5.41, 5.74) is -1.15. The van der Waals surface area contributed by atoms with E-state index in [1.807, 2.05) is 13.8 Å². The van der Waals surface area contributed by atoms with E-state index in [4.69, 9.17) is 9.47 Å². The Morgan fingerprint density at radius 1 is 1.06 bits per heavy atom. The van der Waals surface area contributed by atoms with E-state index in [0.717, 1.165) is 19.3 Å². The molecule has 100 valence electrons. The van der Waals surface area contributed by atoms with E-state index in [1.54, 1.807) is 0 Å². The minimum absolute atomic E-state index is 0.140. The van der Waals surface area contributed by atoms with Crippen LogP contribution in [0.2, 0.25) is 0 Å². The van der Waals surface area contributed by atoms with Crippen molar-refractivity contribution in [2.45, 2.75) is 46.5 Å². The highest BCUT2D eigenvalue weighted by molar-refractivity contribution is 6.00. The van der Waals surface area contributed by atoms with E-state index in [-0.39, 0.29) is 5.92 Å². The van der Waals surface area contributed by atoms with Crippen LogP contribution >= 0.6 is 0 Å². The van der Waals surface area contributed by atoms with Crippen LogP contribution in [-0.2, 0) is 19.1 Å². The molecule has 0 atom stereocenters. The van der Waals surface area contributed by atoms with Crippen molar-refractivity contribution < 1.29 is 19.1 Å². The zero-order valence-electron chi connectivity index (χ0n) is 11.5. The molecule has 0 spiro atoms. The molecule has 0 amide bonds. The van der Waals surface area contributed by atoms with Crippen LogP contribution < -0.4 is 0 Å². The Labute approximate surface area is 104 Å². The van der Waals surface area contributed by atoms with Crippen molar-refractivity contribution in [2.24, 2.45) is 11.3 Å². The molecule has 0 aliphatic rings. The average molecular weight is 244 g/mol. The molecule has 0 saturated heterocycles. The van der Waals surface area contributed by atoms with Gasteiger partial charge in [0.1, 0.15) is 0 Å². The Bertz CT molecular complexity index is 242. The summed E-state index contributed by atoms with van der Waals surface area (Å²) in [5.74, 6) is -1.12. The van der Waals surface area contributed by atoms with E-state index >= 15 is 0 Å². The summed E-state index contributed by atoms with van der Waals surface area (Å²) in [7, 11) is 2.62. The van der Waals surface area contributed by atoms with Gasteiger partial charge in [-0.2, -0.15) is 0 Å². The predicted octanol–water partition coefficient (Wildman–Crippen LogP) is 2.56. The van der Waals surface area contributed by atoms with Crippen molar-refractivity contribution in [3.05, 3.63) is 0 Å². The topological polar surface area (TPSA) is 52.6 Å². The van der Waals surface area contributed by atoms with Crippen molar-refractivity contribution in [3.8, 4) is 0 Å². The number of hydrogen-bond acceptors (Lipinski definition) is 4. The van der Waals surface area contributed by atoms with Crippen LogP contribution in [0.25, 0.3) is 0 Å². The molecule has 0 unspecified atom stereocenters. The van der Waals surface area contributed by atoms with Crippen LogP contribution in [-0.4, -0.2) is 26.2 Å². The second-order valence-corrected chi connectivity index (χ2v) is 4.57. The fourth-order valence-electron chi connectivity index (χ4n) is 2.07. The maximum atomic E-state index is 11.9. The molecule has 0 heterocycles. The highest BCUT2D eigenvalue weighted by Crippen LogP contribution is 2.36. The minimum Gasteiger partial charge on any atom is -0.468 e. The smallest absolute Gasteiger partial charge is 0.323 e. The molecule has 4 heteroatoms. The highest BCUT2D eigenvalue weighted by Gasteiger charge is 2.50. The molecular weight excluding hydrogens is 220 g/mol. The van der Waals surface area contributed by atoms with Crippen LogP contribution in [0.15, 0.2) is 0 Å². The molecule has 0 aromatic heterocycles. The van der Waals surface area contributed by atoms with Crippen LogP contribution in [0.1, 0.15) is 46.5 Å². The molecule has 17 heavy (non-hydrogen) atoms. The molecule has 0 radical (unpaired) electrons. The van der Waals surface area contributed by atoms with Crippen molar-refractivity contribution in [3.63, 3.8) is 0 Å². The Balaban J connectivity index is 5.11. The SMILES string of the molecule is CCCCCC(C(=O)OC)(C(=O)OC)C(C)C. The van der Waals surface area contributed by atoms with E-state index in [2.05, 4.69) is 6.92 Å². The number of ether oxygens (including phenoxy) is 2. The van der Waals surface area contributed by atoms with E-state index in [1.165, 1.54) is 14.2 Å². The van der Waals surface area contributed by atoms with Gasteiger partial charge in [-0.15, -0.1) is 0 Å². The summed E-state index contributed by atoms with van der Waals surface area (Å²) >= 11 is 0. The molecule has 0 aromatic rings. The van der Waals surface area contributed by atoms with E-state index in [0.29, 0.717) is 6.42 Å². The molecule has 0 fully saturated rings. The monoisotopic (exact) mass is 244 g/mol. The quantitative estimate of drug-likeness (QED) is 0.392. The lowest BCUT2D eigenvalue weighted by molar-refractivity contribution is -0.173. The van der Waals surface area contributed by atoms with Gasteiger partial charge in [-0.25, -0.2) is 0 Å². The van der Waals surface area contributed by atoms with Gasteiger partial charge in [0, 0.05) is 0 Å². The lowest BCUT2D eigenvalue weighted by Crippen LogP contribution is -2.45. The number of unbranched alkanes of at least 4 members (excludes halogenated alkanes) is 2. The number of hydrogen-bond donors (Lipinski definition) is 0. The highest BCUT2D eigenvalue weighted by atomic mass is 16.5. The molecule has 4 nitrogen and oxygen atoms in total. The van der Waals surface area contributed by atoms with Gasteiger partial charge >= 0.3 is 11.9 Å². The average Bonchev–Trinajstić information content (AvgIpc) is 2.32. The number of carbonyl (C=O) groups excluding carboxylic acids is 2. The van der Waals surface area contributed by atoms with Crippen LogP contribution in [0.5, 0.6) is 0 Å². The molecule has 0 bridgehead atoms. The van der Waals surface area contributed by atoms with Crippen LogP contribution in [0.4, 0.5) is 0 Å². The molecule has 0 N–H and O–H groups in total. The fourth-order valence-corrected chi connectivity index (χ4v) is 2.07. The van der Waals surface area contributed by atoms with Crippen LogP contribution in [0.3, 0.4) is 0 Å². The third kappa shape index (κ3) is 3.45. The van der Waals surface area contributed by atoms with Crippen molar-refractivity contribution in [1.29, 1.82) is 0 Å². The Morgan fingerprint density at radius 2 is 1.53 bits per heavy atom. The van der Waals surface area contributed by atoms with Gasteiger partial charge in [0.25, 0.3) is 0 Å². The van der Waals surface area contributed by atoms with E-state index < -0.39 is 17.4 Å². The van der Waals surface area contributed by atoms with E-state index in [9.17, 15) is 9.59 Å². The first kappa shape index (κ1) is 15.9. The summed E-state index contributed by atoms with van der Waals surface area (Å²) in [6, 6.07) is 0. The van der Waals surface area contributed by atoms with Crippen molar-refractivity contribution >= 4 is 11.9 Å². The Kier molecular flexibility index (Phi) is 6.85. The van der Waals surface area contributed by atoms with Crippen molar-refractivity contribution in [1.82, 2.24) is 0 Å². The molecule has 0 saturated carbocycles. The van der Waals surface area contributed by atoms with Gasteiger partial charge in [0.15, 0.2) is 5.41 Å². The van der Waals surface area contributed by atoms with Gasteiger partial charge in [-0.3, -0.25) is 9.59 Å². The summed E-state index contributed by atoms with van der Waals surface area (Å²) < 4.78 is 9.58. The van der Waals surface area contributed by atoms with Crippen LogP contribution in [0, 0.1) is 11.3 Å². The Hall–Kier alpha value is -1.06. The fraction of sp³-hybridized carbons (Fsp3) is 0.846. The number of esters is 2. The maximum Gasteiger partial charge on any atom is 0.323 e. The maximum absolute atomic E-state index is 11.9. The van der Waals surface area contributed by atoms with Gasteiger partial charge < -0.3 is 9.47 Å². The molecule has 0 aromatic carbocycles. The standard InChI is InChI=1S/C13H24O4/c1-6-7-8-9-13(10(2)3,11(14)16-4)12(15)17-5/h10H,6-9H2,1-5H3. The number of carbonyl (C=O) groups is 2. The molecular formula is C13H24O4. The summed E-state index contributed by atoms with van der Waals surface area (Å²) in [5, 5.41) is 0. The molecule has 0 rings (SSSR count). The largest absolute Gasteiger partial charge is 0.468 e. The summed E-state index contributed by atoms with van der Waals surface area (Å²) in [6.07, 6.45) is 3.33. The zero-order chi connectivity index (χ0) is 13.5. The van der Waals surface area contributed by atoms with Gasteiger partial charge in [-0.05, 0) is 12.3 Å². The number of methoxy groups -OCH3 is 2. The van der Waals surface area contributed by atoms with Gasteiger partial charge in [0.05, 0.1) is 14.2 Å². The predicted molar refractivity (Wildman–Crippen MR) is 65.4 cm³/mol. The van der Waals surface area contributed by atoms with Gasteiger partial charge in [0.2, 0.25) is 0 Å². The molecule has 0 aliphatic heterocycles. The Morgan fingerprint density at radius 3 is 1.82 bits per heavy atom. The summed E-state index contributed by atoms with van der Waals surface area (Å²) in [6.45, 7) is 5.77. The number of rotatable bonds is 7. The second kappa shape index (κ2) is 7.30. The second-order valence-electron chi connectivity index (χ2n) is 4.57. The lowest BCUT2D eigenvalue weighted by Gasteiger charge is -2.31. The van der Waals surface area contributed by atoms with Gasteiger partial charge in [-0.1, -0.05) is 40.0 Å². The molecule has 0 aliphatic carbocycles. The third-order valence-corrected chi connectivity index (χ3v) is 3.26. The minimum atomic E-state index is -1.15. The van der Waals surface area contributed by atoms with Crippen molar-refractivity contribution in [2.75, 3.05) is 14.2 Å².